The molecular weight excluding hydrogens is 433 g/mol. The Morgan fingerprint density at radius 3 is 2.22 bits per heavy atom. The topological polar surface area (TPSA) is 93.0 Å². The average Bonchev–Trinajstić information content (AvgIpc) is 3.04. The van der Waals surface area contributed by atoms with Gasteiger partial charge in [-0.15, -0.1) is 0 Å². The minimum Gasteiger partial charge on any atom is -0.481 e. The van der Waals surface area contributed by atoms with Crippen LogP contribution in [-0.4, -0.2) is 25.5 Å². The van der Waals surface area contributed by atoms with E-state index in [1.807, 2.05) is 19.1 Å². The highest BCUT2D eigenvalue weighted by Crippen LogP contribution is 2.27. The highest BCUT2D eigenvalue weighted by atomic mass is 32.2. The van der Waals surface area contributed by atoms with Gasteiger partial charge in [-0.05, 0) is 68.0 Å². The number of ether oxygens (including phenoxy) is 1. The fourth-order valence-electron chi connectivity index (χ4n) is 3.67. The summed E-state index contributed by atoms with van der Waals surface area (Å²) in [5.41, 5.74) is 1.35. The zero-order valence-corrected chi connectivity index (χ0v) is 18.2. The van der Waals surface area contributed by atoms with Gasteiger partial charge in [-0.2, -0.15) is 0 Å². The number of nitrogens with zero attached hydrogens (tertiary/aromatic N) is 1. The second-order valence-electron chi connectivity index (χ2n) is 7.56. The number of carbonyl (C=O) groups is 1. The molecule has 0 fully saturated rings. The van der Waals surface area contributed by atoms with Gasteiger partial charge < -0.3 is 9.84 Å². The van der Waals surface area contributed by atoms with Crippen LogP contribution in [0.25, 0.3) is 5.57 Å². The lowest BCUT2D eigenvalue weighted by molar-refractivity contribution is -0.135. The van der Waals surface area contributed by atoms with Crippen LogP contribution in [0.2, 0.25) is 0 Å². The standard InChI is InChI=1S/C24H20FNO5S/c1-14-3-5-16(6-4-14)31-17-7-9-18(10-8-17)32(29,30)24-20(25)11-12-21-23(24)19(13-22(27)28)15(2)26-21/h3-12,15H,13H2,1-2H3,(H,27,28). The number of carboxylic acid groups (broad SMARTS) is 1. The van der Waals surface area contributed by atoms with Gasteiger partial charge in [0.1, 0.15) is 22.2 Å². The first-order valence-corrected chi connectivity index (χ1v) is 11.4. The highest BCUT2D eigenvalue weighted by molar-refractivity contribution is 7.91. The maximum Gasteiger partial charge on any atom is 0.307 e. The van der Waals surface area contributed by atoms with Crippen LogP contribution in [0.15, 0.2) is 75.4 Å². The van der Waals surface area contributed by atoms with Gasteiger partial charge in [-0.25, -0.2) is 12.8 Å². The van der Waals surface area contributed by atoms with Crippen LogP contribution in [-0.2, 0) is 14.6 Å². The molecule has 32 heavy (non-hydrogen) atoms. The fraction of sp³-hybridized carbons (Fsp3) is 0.167. The number of hydrogen-bond donors (Lipinski definition) is 1. The molecule has 6 nitrogen and oxygen atoms in total. The number of halogens is 1. The molecule has 3 aromatic carbocycles. The minimum atomic E-state index is -4.29. The molecule has 0 saturated carbocycles. The van der Waals surface area contributed by atoms with Gasteiger partial charge in [0.15, 0.2) is 0 Å². The molecule has 1 aliphatic rings. The van der Waals surface area contributed by atoms with Crippen molar-refractivity contribution in [2.75, 3.05) is 0 Å². The summed E-state index contributed by atoms with van der Waals surface area (Å²) in [5.74, 6) is -1.06. The Hall–Kier alpha value is -3.52. The molecule has 4 rings (SSSR count). The van der Waals surface area contributed by atoms with E-state index in [9.17, 15) is 22.7 Å². The summed E-state index contributed by atoms with van der Waals surface area (Å²) < 4.78 is 47.3. The molecule has 1 aliphatic heterocycles. The van der Waals surface area contributed by atoms with Crippen molar-refractivity contribution in [2.24, 2.45) is 4.99 Å². The van der Waals surface area contributed by atoms with Crippen molar-refractivity contribution in [3.05, 3.63) is 82.6 Å². The highest BCUT2D eigenvalue weighted by Gasteiger charge is 2.29. The van der Waals surface area contributed by atoms with Gasteiger partial charge in [-0.3, -0.25) is 9.79 Å². The van der Waals surface area contributed by atoms with Gasteiger partial charge in [0.05, 0.1) is 22.7 Å². The average molecular weight is 453 g/mol. The van der Waals surface area contributed by atoms with Crippen LogP contribution in [0.5, 0.6) is 11.5 Å². The fourth-order valence-corrected chi connectivity index (χ4v) is 5.23. The summed E-state index contributed by atoms with van der Waals surface area (Å²) in [6.07, 6.45) is -0.424. The normalized spacial score (nSPS) is 15.2. The van der Waals surface area contributed by atoms with Crippen molar-refractivity contribution in [1.29, 1.82) is 0 Å². The van der Waals surface area contributed by atoms with Crippen molar-refractivity contribution < 1.29 is 27.4 Å². The SMILES string of the molecule is Cc1ccc(Oc2ccc(S(=O)(=O)c3c(F)ccc4c3=C(CC(=O)O)C(C)N=4)cc2)cc1. The zero-order chi connectivity index (χ0) is 23.0. The van der Waals surface area contributed by atoms with E-state index in [0.29, 0.717) is 11.5 Å². The van der Waals surface area contributed by atoms with E-state index in [1.54, 1.807) is 19.1 Å². The molecule has 0 spiro atoms. The summed E-state index contributed by atoms with van der Waals surface area (Å²) in [7, 11) is -4.29. The predicted molar refractivity (Wildman–Crippen MR) is 115 cm³/mol. The lowest BCUT2D eigenvalue weighted by Crippen LogP contribution is -2.32. The molecular formula is C24H20FNO5S. The first-order chi connectivity index (χ1) is 15.2. The van der Waals surface area contributed by atoms with E-state index in [1.165, 1.54) is 30.3 Å². The third-order valence-electron chi connectivity index (χ3n) is 5.25. The molecule has 0 bridgehead atoms. The molecule has 0 amide bonds. The molecule has 1 N–H and O–H groups in total. The van der Waals surface area contributed by atoms with Crippen LogP contribution in [0, 0.1) is 12.7 Å². The molecule has 0 aliphatic carbocycles. The van der Waals surface area contributed by atoms with E-state index in [-0.39, 0.29) is 21.0 Å². The van der Waals surface area contributed by atoms with Crippen LogP contribution >= 0.6 is 0 Å². The van der Waals surface area contributed by atoms with E-state index in [0.717, 1.165) is 11.6 Å². The second kappa shape index (κ2) is 8.20. The van der Waals surface area contributed by atoms with Gasteiger partial charge >= 0.3 is 5.97 Å². The summed E-state index contributed by atoms with van der Waals surface area (Å²) in [6.45, 7) is 3.61. The summed E-state index contributed by atoms with van der Waals surface area (Å²) in [4.78, 5) is 14.9. The van der Waals surface area contributed by atoms with E-state index >= 15 is 0 Å². The zero-order valence-electron chi connectivity index (χ0n) is 17.4. The number of carboxylic acids is 1. The lowest BCUT2D eigenvalue weighted by Gasteiger charge is -2.10. The van der Waals surface area contributed by atoms with Crippen molar-refractivity contribution in [3.63, 3.8) is 0 Å². The molecule has 0 saturated heterocycles. The van der Waals surface area contributed by atoms with Crippen LogP contribution in [0.4, 0.5) is 4.39 Å². The Morgan fingerprint density at radius 2 is 1.62 bits per heavy atom. The van der Waals surface area contributed by atoms with Gasteiger partial charge in [0.25, 0.3) is 0 Å². The van der Waals surface area contributed by atoms with E-state index in [2.05, 4.69) is 4.99 Å². The largest absolute Gasteiger partial charge is 0.481 e. The minimum absolute atomic E-state index is 0.0416. The molecule has 3 aromatic rings. The summed E-state index contributed by atoms with van der Waals surface area (Å²) >= 11 is 0. The number of hydrogen-bond acceptors (Lipinski definition) is 5. The maximum atomic E-state index is 14.9. The second-order valence-corrected chi connectivity index (χ2v) is 9.45. The Bertz CT molecular complexity index is 1430. The number of benzene rings is 3. The van der Waals surface area contributed by atoms with Gasteiger partial charge in [-0.1, -0.05) is 17.7 Å². The van der Waals surface area contributed by atoms with Crippen molar-refractivity contribution in [2.45, 2.75) is 36.1 Å². The van der Waals surface area contributed by atoms with Crippen molar-refractivity contribution in [1.82, 2.24) is 0 Å². The van der Waals surface area contributed by atoms with Crippen molar-refractivity contribution >= 4 is 21.4 Å². The van der Waals surface area contributed by atoms with Gasteiger partial charge in [0, 0.05) is 5.22 Å². The Kier molecular flexibility index (Phi) is 5.56. The molecule has 1 unspecified atom stereocenters. The third-order valence-corrected chi connectivity index (χ3v) is 7.08. The number of fused-ring (bicyclic) bond motifs is 1. The van der Waals surface area contributed by atoms with Crippen LogP contribution in [0.1, 0.15) is 18.9 Å². The first-order valence-electron chi connectivity index (χ1n) is 9.87. The number of rotatable bonds is 6. The Morgan fingerprint density at radius 1 is 1.03 bits per heavy atom. The number of aryl methyl sites for hydroxylation is 1. The summed E-state index contributed by atoms with van der Waals surface area (Å²) in [5, 5.41) is 9.56. The molecule has 0 radical (unpaired) electrons. The smallest absolute Gasteiger partial charge is 0.307 e. The Balaban J connectivity index is 1.78. The van der Waals surface area contributed by atoms with Gasteiger partial charge in [0.2, 0.25) is 9.84 Å². The molecule has 8 heteroatoms. The van der Waals surface area contributed by atoms with E-state index in [4.69, 9.17) is 4.74 Å². The molecule has 1 atom stereocenters. The van der Waals surface area contributed by atoms with E-state index < -0.39 is 39.0 Å². The monoisotopic (exact) mass is 453 g/mol. The number of aliphatic carboxylic acids is 1. The molecule has 164 valence electrons. The first kappa shape index (κ1) is 21.7. The quantitative estimate of drug-likeness (QED) is 0.618. The lowest BCUT2D eigenvalue weighted by atomic mass is 10.0. The van der Waals surface area contributed by atoms with Crippen LogP contribution in [0.3, 0.4) is 0 Å². The third kappa shape index (κ3) is 4.01. The van der Waals surface area contributed by atoms with Crippen molar-refractivity contribution in [3.8, 4) is 11.5 Å². The molecule has 1 heterocycles. The maximum absolute atomic E-state index is 14.9. The predicted octanol–water partition coefficient (Wildman–Crippen LogP) is 3.41. The molecule has 0 aromatic heterocycles. The Labute approximate surface area is 184 Å². The number of sulfone groups is 1. The summed E-state index contributed by atoms with van der Waals surface area (Å²) in [6, 6.07) is 14.9. The van der Waals surface area contributed by atoms with Crippen LogP contribution < -0.4 is 15.3 Å².